The second-order valence-corrected chi connectivity index (χ2v) is 2.82. The van der Waals surface area contributed by atoms with Crippen molar-refractivity contribution in [2.75, 3.05) is 0 Å². The number of nitrogens with two attached hydrogens (primary N) is 1. The molecule has 1 fully saturated rings. The SMILES string of the molecule is C#CC(=O)NC1CCCC1N. The Bertz CT molecular complexity index is 195. The lowest BCUT2D eigenvalue weighted by atomic mass is 10.2. The molecule has 0 aliphatic heterocycles. The van der Waals surface area contributed by atoms with Crippen LogP contribution < -0.4 is 11.1 Å². The Morgan fingerprint density at radius 2 is 2.36 bits per heavy atom. The molecule has 0 heterocycles. The summed E-state index contributed by atoms with van der Waals surface area (Å²) in [5.41, 5.74) is 5.70. The van der Waals surface area contributed by atoms with Crippen molar-refractivity contribution in [3.63, 3.8) is 0 Å². The predicted octanol–water partition coefficient (Wildman–Crippen LogP) is -0.384. The topological polar surface area (TPSA) is 55.1 Å². The van der Waals surface area contributed by atoms with Crippen LogP contribution in [0.15, 0.2) is 0 Å². The van der Waals surface area contributed by atoms with Crippen LogP contribution in [-0.2, 0) is 4.79 Å². The molecule has 3 heteroatoms. The standard InChI is InChI=1S/C8H12N2O/c1-2-8(11)10-7-5-3-4-6(7)9/h1,6-7H,3-5,9H2,(H,10,11). The Balaban J connectivity index is 2.38. The molecule has 1 saturated carbocycles. The molecule has 0 radical (unpaired) electrons. The Kier molecular flexibility index (Phi) is 2.50. The van der Waals surface area contributed by atoms with Crippen molar-refractivity contribution in [1.82, 2.24) is 5.32 Å². The molecule has 1 amide bonds. The molecule has 3 N–H and O–H groups in total. The number of carbonyl (C=O) groups excluding carboxylic acids is 1. The van der Waals surface area contributed by atoms with Crippen LogP contribution in [0.4, 0.5) is 0 Å². The summed E-state index contributed by atoms with van der Waals surface area (Å²) in [6.45, 7) is 0. The largest absolute Gasteiger partial charge is 0.341 e. The van der Waals surface area contributed by atoms with Gasteiger partial charge < -0.3 is 11.1 Å². The molecule has 1 aliphatic carbocycles. The van der Waals surface area contributed by atoms with Crippen molar-refractivity contribution < 1.29 is 4.79 Å². The molecule has 0 aromatic rings. The first-order valence-corrected chi connectivity index (χ1v) is 3.76. The van der Waals surface area contributed by atoms with Crippen LogP contribution in [0.3, 0.4) is 0 Å². The Morgan fingerprint density at radius 3 is 2.82 bits per heavy atom. The highest BCUT2D eigenvalue weighted by Crippen LogP contribution is 2.16. The minimum absolute atomic E-state index is 0.0901. The van der Waals surface area contributed by atoms with Gasteiger partial charge in [0.15, 0.2) is 0 Å². The zero-order chi connectivity index (χ0) is 8.27. The number of hydrogen-bond acceptors (Lipinski definition) is 2. The lowest BCUT2D eigenvalue weighted by Gasteiger charge is -2.14. The molecular formula is C8H12N2O. The van der Waals surface area contributed by atoms with Crippen molar-refractivity contribution in [3.05, 3.63) is 0 Å². The van der Waals surface area contributed by atoms with E-state index in [-0.39, 0.29) is 18.0 Å². The third-order valence-corrected chi connectivity index (χ3v) is 2.02. The lowest BCUT2D eigenvalue weighted by Crippen LogP contribution is -2.43. The van der Waals surface area contributed by atoms with E-state index in [2.05, 4.69) is 5.32 Å². The van der Waals surface area contributed by atoms with E-state index in [4.69, 9.17) is 12.2 Å². The number of terminal acetylenes is 1. The van der Waals surface area contributed by atoms with Gasteiger partial charge in [0.05, 0.1) is 0 Å². The quantitative estimate of drug-likeness (QED) is 0.503. The van der Waals surface area contributed by atoms with E-state index < -0.39 is 0 Å². The molecule has 1 rings (SSSR count). The number of carbonyl (C=O) groups is 1. The van der Waals surface area contributed by atoms with Crippen molar-refractivity contribution >= 4 is 5.91 Å². The minimum Gasteiger partial charge on any atom is -0.341 e. The van der Waals surface area contributed by atoms with Gasteiger partial charge in [-0.2, -0.15) is 0 Å². The predicted molar refractivity (Wildman–Crippen MR) is 42.6 cm³/mol. The van der Waals surface area contributed by atoms with E-state index in [9.17, 15) is 4.79 Å². The molecule has 3 nitrogen and oxygen atoms in total. The zero-order valence-electron chi connectivity index (χ0n) is 6.34. The van der Waals surface area contributed by atoms with Crippen LogP contribution in [-0.4, -0.2) is 18.0 Å². The normalized spacial score (nSPS) is 29.5. The summed E-state index contributed by atoms with van der Waals surface area (Å²) in [6, 6.07) is 0.186. The summed E-state index contributed by atoms with van der Waals surface area (Å²) in [5, 5.41) is 2.68. The van der Waals surface area contributed by atoms with Crippen molar-refractivity contribution in [3.8, 4) is 12.3 Å². The second-order valence-electron chi connectivity index (χ2n) is 2.82. The van der Waals surface area contributed by atoms with Gasteiger partial charge in [-0.3, -0.25) is 4.79 Å². The van der Waals surface area contributed by atoms with Gasteiger partial charge in [0, 0.05) is 12.1 Å². The average molecular weight is 152 g/mol. The highest BCUT2D eigenvalue weighted by molar-refractivity contribution is 5.93. The summed E-state index contributed by atoms with van der Waals surface area (Å²) in [7, 11) is 0. The highest BCUT2D eigenvalue weighted by Gasteiger charge is 2.24. The molecule has 0 saturated heterocycles. The molecule has 11 heavy (non-hydrogen) atoms. The third-order valence-electron chi connectivity index (χ3n) is 2.02. The Labute approximate surface area is 66.3 Å². The van der Waals surface area contributed by atoms with Gasteiger partial charge in [0.25, 0.3) is 5.91 Å². The molecular weight excluding hydrogens is 140 g/mol. The molecule has 0 bridgehead atoms. The molecule has 2 unspecified atom stereocenters. The fourth-order valence-electron chi connectivity index (χ4n) is 1.38. The molecule has 0 aromatic heterocycles. The van der Waals surface area contributed by atoms with Gasteiger partial charge in [0.1, 0.15) is 0 Å². The average Bonchev–Trinajstić information content (AvgIpc) is 2.37. The lowest BCUT2D eigenvalue weighted by molar-refractivity contribution is -0.116. The fraction of sp³-hybridized carbons (Fsp3) is 0.625. The minimum atomic E-state index is -0.354. The Hall–Kier alpha value is -1.01. The maximum Gasteiger partial charge on any atom is 0.295 e. The van der Waals surface area contributed by atoms with E-state index in [1.807, 2.05) is 5.92 Å². The van der Waals surface area contributed by atoms with Gasteiger partial charge in [-0.15, -0.1) is 6.42 Å². The van der Waals surface area contributed by atoms with E-state index in [1.165, 1.54) is 0 Å². The molecule has 2 atom stereocenters. The maximum absolute atomic E-state index is 10.7. The van der Waals surface area contributed by atoms with Crippen LogP contribution in [0.2, 0.25) is 0 Å². The first-order valence-electron chi connectivity index (χ1n) is 3.76. The van der Waals surface area contributed by atoms with Crippen LogP contribution in [0.5, 0.6) is 0 Å². The molecule has 1 aliphatic rings. The van der Waals surface area contributed by atoms with Crippen LogP contribution in [0, 0.1) is 12.3 Å². The Morgan fingerprint density at radius 1 is 1.64 bits per heavy atom. The van der Waals surface area contributed by atoms with Crippen LogP contribution >= 0.6 is 0 Å². The van der Waals surface area contributed by atoms with E-state index >= 15 is 0 Å². The summed E-state index contributed by atoms with van der Waals surface area (Å²) in [6.07, 6.45) is 7.91. The van der Waals surface area contributed by atoms with Crippen molar-refractivity contribution in [2.45, 2.75) is 31.3 Å². The van der Waals surface area contributed by atoms with Gasteiger partial charge >= 0.3 is 0 Å². The smallest absolute Gasteiger partial charge is 0.295 e. The molecule has 60 valence electrons. The van der Waals surface area contributed by atoms with Crippen molar-refractivity contribution in [2.24, 2.45) is 5.73 Å². The summed E-state index contributed by atoms with van der Waals surface area (Å²) in [4.78, 5) is 10.7. The van der Waals surface area contributed by atoms with Crippen molar-refractivity contribution in [1.29, 1.82) is 0 Å². The number of rotatable bonds is 1. The fourth-order valence-corrected chi connectivity index (χ4v) is 1.38. The van der Waals surface area contributed by atoms with Gasteiger partial charge in [0.2, 0.25) is 0 Å². The van der Waals surface area contributed by atoms with E-state index in [1.54, 1.807) is 0 Å². The first-order chi connectivity index (χ1) is 5.24. The second kappa shape index (κ2) is 3.40. The highest BCUT2D eigenvalue weighted by atomic mass is 16.1. The van der Waals surface area contributed by atoms with Crippen LogP contribution in [0.25, 0.3) is 0 Å². The monoisotopic (exact) mass is 152 g/mol. The number of amides is 1. The summed E-state index contributed by atoms with van der Waals surface area (Å²) >= 11 is 0. The van der Waals surface area contributed by atoms with Gasteiger partial charge in [-0.1, -0.05) is 0 Å². The zero-order valence-corrected chi connectivity index (χ0v) is 6.34. The van der Waals surface area contributed by atoms with Crippen LogP contribution in [0.1, 0.15) is 19.3 Å². The van der Waals surface area contributed by atoms with E-state index in [0.717, 1.165) is 19.3 Å². The first kappa shape index (κ1) is 8.09. The van der Waals surface area contributed by atoms with Gasteiger partial charge in [-0.25, -0.2) is 0 Å². The van der Waals surface area contributed by atoms with E-state index in [0.29, 0.717) is 0 Å². The summed E-state index contributed by atoms with van der Waals surface area (Å²) < 4.78 is 0. The summed E-state index contributed by atoms with van der Waals surface area (Å²) in [5.74, 6) is 1.65. The maximum atomic E-state index is 10.7. The van der Waals surface area contributed by atoms with Gasteiger partial charge in [-0.05, 0) is 25.2 Å². The molecule has 0 aromatic carbocycles. The number of nitrogens with one attached hydrogen (secondary N) is 1. The molecule has 0 spiro atoms. The third kappa shape index (κ3) is 1.95. The number of hydrogen-bond donors (Lipinski definition) is 2.